The summed E-state index contributed by atoms with van der Waals surface area (Å²) in [5, 5.41) is 1.08. The van der Waals surface area contributed by atoms with Gasteiger partial charge in [-0.3, -0.25) is 0 Å². The molecule has 0 atom stereocenters. The maximum Gasteiger partial charge on any atom is 0.155 e. The second-order valence-corrected chi connectivity index (χ2v) is 12.1. The molecule has 0 radical (unpaired) electrons. The van der Waals surface area contributed by atoms with Crippen molar-refractivity contribution in [1.82, 2.24) is 19.9 Å². The first kappa shape index (κ1) is 27.8. The van der Waals surface area contributed by atoms with Crippen molar-refractivity contribution in [3.63, 3.8) is 0 Å². The summed E-state index contributed by atoms with van der Waals surface area (Å²) in [5.41, 5.74) is 5.81. The van der Waals surface area contributed by atoms with Gasteiger partial charge in [0.1, 0.15) is 11.3 Å². The van der Waals surface area contributed by atoms with E-state index in [-0.39, 0.29) is 0 Å². The van der Waals surface area contributed by atoms with Gasteiger partial charge >= 0.3 is 0 Å². The second-order valence-electron chi connectivity index (χ2n) is 12.1. The van der Waals surface area contributed by atoms with Crippen LogP contribution in [0, 0.1) is 31.6 Å². The Labute approximate surface area is 234 Å². The van der Waals surface area contributed by atoms with Crippen molar-refractivity contribution in [3.05, 3.63) is 53.6 Å². The minimum Gasteiger partial charge on any atom is -0.381 e. The van der Waals surface area contributed by atoms with Gasteiger partial charge in [-0.2, -0.15) is 0 Å². The summed E-state index contributed by atoms with van der Waals surface area (Å²) in [7, 11) is 2.21. The number of hydrogen-bond acceptors (Lipinski definition) is 7. The lowest BCUT2D eigenvalue weighted by Gasteiger charge is -2.60. The summed E-state index contributed by atoms with van der Waals surface area (Å²) in [4.78, 5) is 21.1. The fourth-order valence-electron chi connectivity index (χ4n) is 6.79. The summed E-state index contributed by atoms with van der Waals surface area (Å²) in [6.07, 6.45) is 5.48. The number of anilines is 2. The molecular formula is C32H46N6O. The molecule has 210 valence electrons. The Hall–Kier alpha value is -2.77. The number of fused-ring (bicyclic) bond motifs is 1. The van der Waals surface area contributed by atoms with E-state index in [0.717, 1.165) is 54.5 Å². The molecule has 4 aliphatic rings. The van der Waals surface area contributed by atoms with Crippen LogP contribution in [-0.4, -0.2) is 79.4 Å². The van der Waals surface area contributed by atoms with Crippen molar-refractivity contribution >= 4 is 22.4 Å². The van der Waals surface area contributed by atoms with E-state index in [2.05, 4.69) is 69.0 Å². The minimum atomic E-state index is 0.415. The Morgan fingerprint density at radius 1 is 0.795 bits per heavy atom. The Morgan fingerprint density at radius 2 is 1.46 bits per heavy atom. The van der Waals surface area contributed by atoms with Crippen LogP contribution < -0.4 is 9.80 Å². The maximum atomic E-state index is 5.55. The molecular weight excluding hydrogens is 484 g/mol. The molecule has 1 aromatic carbocycles. The van der Waals surface area contributed by atoms with Crippen LogP contribution in [0.3, 0.4) is 0 Å². The smallest absolute Gasteiger partial charge is 0.155 e. The van der Waals surface area contributed by atoms with Gasteiger partial charge < -0.3 is 19.4 Å². The Kier molecular flexibility index (Phi) is 8.11. The monoisotopic (exact) mass is 530 g/mol. The van der Waals surface area contributed by atoms with Crippen LogP contribution in [-0.2, 0) is 4.74 Å². The number of aryl methyl sites for hydroxylation is 3. The average Bonchev–Trinajstić information content (AvgIpc) is 3.30. The lowest BCUT2D eigenvalue weighted by molar-refractivity contribution is -0.00238. The lowest BCUT2D eigenvalue weighted by atomic mass is 9.73. The highest BCUT2D eigenvalue weighted by atomic mass is 16.5. The van der Waals surface area contributed by atoms with E-state index in [0.29, 0.717) is 10.8 Å². The summed E-state index contributed by atoms with van der Waals surface area (Å²) >= 11 is 0. The topological polar surface area (TPSA) is 57.6 Å². The number of hydrogen-bond donors (Lipinski definition) is 0. The summed E-state index contributed by atoms with van der Waals surface area (Å²) in [6, 6.07) is 11.0. The fraction of sp³-hybridized carbons (Fsp3) is 0.594. The first-order valence-corrected chi connectivity index (χ1v) is 14.8. The fourth-order valence-corrected chi connectivity index (χ4v) is 6.79. The van der Waals surface area contributed by atoms with E-state index in [1.54, 1.807) is 0 Å². The van der Waals surface area contributed by atoms with Crippen molar-refractivity contribution < 1.29 is 4.74 Å². The van der Waals surface area contributed by atoms with Gasteiger partial charge in [0, 0.05) is 80.9 Å². The SMILES string of the molecule is CC.Cc1cc2cnc(C)nc2c(N2CCC3(CCOCC3)C2)n1.Cc1ccc(N2CC3(CN(C)C3)C2)cc1. The van der Waals surface area contributed by atoms with Crippen LogP contribution in [0.25, 0.3) is 10.9 Å². The number of ether oxygens (including phenoxy) is 1. The van der Waals surface area contributed by atoms with Crippen LogP contribution >= 0.6 is 0 Å². The molecule has 4 aliphatic heterocycles. The van der Waals surface area contributed by atoms with E-state index in [9.17, 15) is 0 Å². The van der Waals surface area contributed by atoms with Crippen LogP contribution in [0.2, 0.25) is 0 Å². The van der Waals surface area contributed by atoms with Crippen LogP contribution in [0.5, 0.6) is 0 Å². The van der Waals surface area contributed by atoms with Gasteiger partial charge in [0.25, 0.3) is 0 Å². The zero-order valence-corrected chi connectivity index (χ0v) is 24.8. The van der Waals surface area contributed by atoms with Gasteiger partial charge in [0.2, 0.25) is 0 Å². The van der Waals surface area contributed by atoms with Gasteiger partial charge in [-0.25, -0.2) is 15.0 Å². The highest BCUT2D eigenvalue weighted by molar-refractivity contribution is 5.88. The number of pyridine rings is 1. The van der Waals surface area contributed by atoms with Gasteiger partial charge in [-0.05, 0) is 70.7 Å². The van der Waals surface area contributed by atoms with Crippen molar-refractivity contribution in [2.75, 3.05) is 69.3 Å². The quantitative estimate of drug-likeness (QED) is 0.438. The Balaban J connectivity index is 0.000000158. The predicted octanol–water partition coefficient (Wildman–Crippen LogP) is 5.42. The van der Waals surface area contributed by atoms with Crippen molar-refractivity contribution in [1.29, 1.82) is 0 Å². The third kappa shape index (κ3) is 5.90. The molecule has 4 saturated heterocycles. The molecule has 0 N–H and O–H groups in total. The van der Waals surface area contributed by atoms with Crippen molar-refractivity contribution in [3.8, 4) is 0 Å². The molecule has 7 nitrogen and oxygen atoms in total. The minimum absolute atomic E-state index is 0.415. The molecule has 3 aromatic rings. The highest BCUT2D eigenvalue weighted by Gasteiger charge is 2.50. The zero-order chi connectivity index (χ0) is 27.6. The van der Waals surface area contributed by atoms with Gasteiger partial charge in [-0.15, -0.1) is 0 Å². The highest BCUT2D eigenvalue weighted by Crippen LogP contribution is 2.42. The van der Waals surface area contributed by atoms with Gasteiger partial charge in [0.05, 0.1) is 0 Å². The van der Waals surface area contributed by atoms with Crippen molar-refractivity contribution in [2.24, 2.45) is 10.8 Å². The molecule has 0 aliphatic carbocycles. The van der Waals surface area contributed by atoms with Crippen LogP contribution in [0.4, 0.5) is 11.5 Å². The summed E-state index contributed by atoms with van der Waals surface area (Å²) in [6.45, 7) is 19.1. The average molecular weight is 531 g/mol. The predicted molar refractivity (Wildman–Crippen MR) is 161 cm³/mol. The molecule has 7 rings (SSSR count). The molecule has 0 unspecified atom stereocenters. The number of likely N-dealkylation sites (tertiary alicyclic amines) is 1. The van der Waals surface area contributed by atoms with Crippen LogP contribution in [0.1, 0.15) is 50.2 Å². The molecule has 7 heteroatoms. The maximum absolute atomic E-state index is 5.55. The first-order valence-electron chi connectivity index (χ1n) is 14.8. The molecule has 0 saturated carbocycles. The molecule has 39 heavy (non-hydrogen) atoms. The standard InChI is InChI=1S/C17H22N4O.C13H18N2.C2H6/c1-12-9-14-10-18-13(2)20-15(14)16(19-12)21-6-3-17(11-21)4-7-22-8-5-17;1-11-3-5-12(6-4-11)15-9-13(10-15)7-14(2)8-13;1-2/h9-10H,3-8,11H2,1-2H3;3-6H,7-10H2,1-2H3;1-2H3. The lowest BCUT2D eigenvalue weighted by Crippen LogP contribution is -2.71. The van der Waals surface area contributed by atoms with E-state index >= 15 is 0 Å². The Morgan fingerprint density at radius 3 is 2.13 bits per heavy atom. The molecule has 0 amide bonds. The molecule has 6 heterocycles. The van der Waals surface area contributed by atoms with Crippen molar-refractivity contribution in [2.45, 2.75) is 53.9 Å². The number of benzene rings is 1. The summed E-state index contributed by atoms with van der Waals surface area (Å²) < 4.78 is 5.55. The third-order valence-electron chi connectivity index (χ3n) is 8.75. The second kappa shape index (κ2) is 11.4. The van der Waals surface area contributed by atoms with Gasteiger partial charge in [0.15, 0.2) is 5.82 Å². The summed E-state index contributed by atoms with van der Waals surface area (Å²) in [5.74, 6) is 1.84. The van der Waals surface area contributed by atoms with Gasteiger partial charge in [-0.1, -0.05) is 31.5 Å². The number of nitrogens with zero attached hydrogens (tertiary/aromatic N) is 6. The zero-order valence-electron chi connectivity index (χ0n) is 24.8. The van der Waals surface area contributed by atoms with E-state index < -0.39 is 0 Å². The molecule has 4 fully saturated rings. The van der Waals surface area contributed by atoms with E-state index in [1.807, 2.05) is 33.9 Å². The Bertz CT molecular complexity index is 1260. The van der Waals surface area contributed by atoms with E-state index in [1.165, 1.54) is 56.7 Å². The van der Waals surface area contributed by atoms with E-state index in [4.69, 9.17) is 9.72 Å². The van der Waals surface area contributed by atoms with Crippen LogP contribution in [0.15, 0.2) is 36.5 Å². The normalized spacial score (nSPS) is 21.1. The molecule has 2 aromatic heterocycles. The third-order valence-corrected chi connectivity index (χ3v) is 8.75. The number of aromatic nitrogens is 3. The molecule has 0 bridgehead atoms. The first-order chi connectivity index (χ1) is 18.8. The number of rotatable bonds is 2. The molecule has 2 spiro atoms. The largest absolute Gasteiger partial charge is 0.381 e.